The third-order valence-corrected chi connectivity index (χ3v) is 4.02. The van der Waals surface area contributed by atoms with Gasteiger partial charge in [-0.15, -0.1) is 0 Å². The van der Waals surface area contributed by atoms with Crippen LogP contribution in [0.1, 0.15) is 25.0 Å². The van der Waals surface area contributed by atoms with Crippen molar-refractivity contribution in [2.75, 3.05) is 11.5 Å². The van der Waals surface area contributed by atoms with Crippen LogP contribution >= 0.6 is 0 Å². The number of ether oxygens (including phenoxy) is 1. The molecule has 2 aliphatic heterocycles. The van der Waals surface area contributed by atoms with E-state index in [0.29, 0.717) is 11.0 Å². The van der Waals surface area contributed by atoms with E-state index in [9.17, 15) is 22.8 Å². The minimum absolute atomic E-state index is 0.229. The van der Waals surface area contributed by atoms with E-state index in [1.165, 1.54) is 24.8 Å². The maximum absolute atomic E-state index is 13.1. The average Bonchev–Trinajstić information content (AvgIpc) is 3.28. The molecule has 0 bridgehead atoms. The lowest BCUT2D eigenvalue weighted by Crippen LogP contribution is -2.45. The zero-order valence-electron chi connectivity index (χ0n) is 12.7. The molecule has 3 rings (SSSR count). The van der Waals surface area contributed by atoms with Gasteiger partial charge < -0.3 is 4.74 Å². The number of nitrogens with zero attached hydrogens (tertiary/aromatic N) is 3. The Bertz CT molecular complexity index is 778. The fourth-order valence-corrected chi connectivity index (χ4v) is 2.72. The summed E-state index contributed by atoms with van der Waals surface area (Å²) in [5.74, 6) is -0.652. The van der Waals surface area contributed by atoms with Gasteiger partial charge in [-0.2, -0.15) is 18.4 Å². The summed E-state index contributed by atoms with van der Waals surface area (Å²) in [6.45, 7) is 3.28. The van der Waals surface area contributed by atoms with E-state index >= 15 is 0 Å². The standard InChI is InChI=1S/C15H12F3N3O3/c1-14(2)12(22)20(13(23)21(14)11-7-24-11)9-4-3-8(6-19)10(5-9)15(16,17)18/h3-5,11H,7H2,1-2H3. The second-order valence-electron chi connectivity index (χ2n) is 5.98. The molecular weight excluding hydrogens is 327 g/mol. The van der Waals surface area contributed by atoms with Gasteiger partial charge in [-0.25, -0.2) is 9.69 Å². The molecule has 1 atom stereocenters. The third kappa shape index (κ3) is 2.30. The van der Waals surface area contributed by atoms with Gasteiger partial charge in [0.25, 0.3) is 5.91 Å². The highest BCUT2D eigenvalue weighted by atomic mass is 19.4. The van der Waals surface area contributed by atoms with Crippen LogP contribution in [0.2, 0.25) is 0 Å². The van der Waals surface area contributed by atoms with Crippen molar-refractivity contribution in [3.63, 3.8) is 0 Å². The van der Waals surface area contributed by atoms with Crippen LogP contribution in [-0.2, 0) is 15.7 Å². The molecule has 24 heavy (non-hydrogen) atoms. The number of carbonyl (C=O) groups excluding carboxylic acids is 2. The Hall–Kier alpha value is -2.60. The average molecular weight is 339 g/mol. The molecule has 0 saturated carbocycles. The summed E-state index contributed by atoms with van der Waals surface area (Å²) < 4.78 is 44.3. The van der Waals surface area contributed by atoms with Crippen molar-refractivity contribution in [3.05, 3.63) is 29.3 Å². The van der Waals surface area contributed by atoms with Crippen LogP contribution in [0.25, 0.3) is 0 Å². The first-order valence-electron chi connectivity index (χ1n) is 7.00. The van der Waals surface area contributed by atoms with E-state index in [1.54, 1.807) is 0 Å². The molecule has 0 radical (unpaired) electrons. The van der Waals surface area contributed by atoms with Crippen molar-refractivity contribution in [2.45, 2.75) is 31.8 Å². The van der Waals surface area contributed by atoms with E-state index in [-0.39, 0.29) is 12.3 Å². The molecule has 0 aromatic heterocycles. The van der Waals surface area contributed by atoms with Crippen LogP contribution in [0, 0.1) is 11.3 Å². The van der Waals surface area contributed by atoms with Crippen LogP contribution in [0.15, 0.2) is 18.2 Å². The van der Waals surface area contributed by atoms with Crippen LogP contribution in [-0.4, -0.2) is 35.2 Å². The number of urea groups is 1. The maximum atomic E-state index is 13.1. The highest BCUT2D eigenvalue weighted by molar-refractivity contribution is 6.23. The molecule has 1 aromatic rings. The molecule has 3 amide bonds. The van der Waals surface area contributed by atoms with Crippen molar-refractivity contribution in [1.82, 2.24) is 4.90 Å². The van der Waals surface area contributed by atoms with Crippen molar-refractivity contribution >= 4 is 17.6 Å². The molecule has 0 spiro atoms. The molecule has 0 N–H and O–H groups in total. The van der Waals surface area contributed by atoms with E-state index in [4.69, 9.17) is 10.00 Å². The molecular formula is C15H12F3N3O3. The predicted octanol–water partition coefficient (Wildman–Crippen LogP) is 2.48. The van der Waals surface area contributed by atoms with Gasteiger partial charge in [0, 0.05) is 0 Å². The van der Waals surface area contributed by atoms with Crippen molar-refractivity contribution in [1.29, 1.82) is 5.26 Å². The Labute approximate surface area is 135 Å². The topological polar surface area (TPSA) is 76.9 Å². The molecule has 126 valence electrons. The molecule has 2 saturated heterocycles. The molecule has 6 nitrogen and oxygen atoms in total. The van der Waals surface area contributed by atoms with E-state index in [1.807, 2.05) is 0 Å². The van der Waals surface area contributed by atoms with Crippen LogP contribution in [0.4, 0.5) is 23.7 Å². The number of epoxide rings is 1. The van der Waals surface area contributed by atoms with Gasteiger partial charge in [-0.05, 0) is 32.0 Å². The first kappa shape index (κ1) is 16.3. The Balaban J connectivity index is 2.08. The number of benzene rings is 1. The second kappa shape index (κ2) is 4.95. The van der Waals surface area contributed by atoms with Crippen molar-refractivity contribution in [2.24, 2.45) is 0 Å². The van der Waals surface area contributed by atoms with Gasteiger partial charge >= 0.3 is 12.2 Å². The number of halogens is 3. The van der Waals surface area contributed by atoms with Gasteiger partial charge in [-0.1, -0.05) is 0 Å². The van der Waals surface area contributed by atoms with Crippen LogP contribution in [0.3, 0.4) is 0 Å². The number of alkyl halides is 3. The molecule has 2 fully saturated rings. The summed E-state index contributed by atoms with van der Waals surface area (Å²) in [6, 6.07) is 3.45. The SMILES string of the molecule is CC1(C)C(=O)N(c2ccc(C#N)c(C(F)(F)F)c2)C(=O)N1C1CO1. The lowest BCUT2D eigenvalue weighted by Gasteiger charge is -2.25. The summed E-state index contributed by atoms with van der Waals surface area (Å²) in [4.78, 5) is 27.0. The number of hydrogen-bond acceptors (Lipinski definition) is 4. The minimum atomic E-state index is -4.78. The summed E-state index contributed by atoms with van der Waals surface area (Å²) in [6.07, 6.45) is -5.33. The summed E-state index contributed by atoms with van der Waals surface area (Å²) in [5.41, 5.74) is -3.23. The van der Waals surface area contributed by atoms with Crippen molar-refractivity contribution < 1.29 is 27.5 Å². The molecule has 2 aliphatic rings. The van der Waals surface area contributed by atoms with Gasteiger partial charge in [0.1, 0.15) is 5.54 Å². The Kier molecular flexibility index (Phi) is 3.35. The van der Waals surface area contributed by atoms with Gasteiger partial charge in [0.15, 0.2) is 6.23 Å². The van der Waals surface area contributed by atoms with Crippen LogP contribution in [0.5, 0.6) is 0 Å². The number of rotatable bonds is 2. The molecule has 1 unspecified atom stereocenters. The van der Waals surface area contributed by atoms with Crippen LogP contribution < -0.4 is 4.90 Å². The number of nitriles is 1. The monoisotopic (exact) mass is 339 g/mol. The summed E-state index contributed by atoms with van der Waals surface area (Å²) in [5, 5.41) is 8.83. The quantitative estimate of drug-likeness (QED) is 0.613. The number of amides is 3. The minimum Gasteiger partial charge on any atom is -0.351 e. The fraction of sp³-hybridized carbons (Fsp3) is 0.400. The number of anilines is 1. The van der Waals surface area contributed by atoms with E-state index in [0.717, 1.165) is 12.1 Å². The largest absolute Gasteiger partial charge is 0.417 e. The maximum Gasteiger partial charge on any atom is 0.417 e. The third-order valence-electron chi connectivity index (χ3n) is 4.02. The molecule has 1 aromatic carbocycles. The van der Waals surface area contributed by atoms with Gasteiger partial charge in [-0.3, -0.25) is 9.69 Å². The Morgan fingerprint density at radius 1 is 1.33 bits per heavy atom. The number of hydrogen-bond donors (Lipinski definition) is 0. The van der Waals surface area contributed by atoms with Gasteiger partial charge in [0.2, 0.25) is 0 Å². The fourth-order valence-electron chi connectivity index (χ4n) is 2.72. The zero-order valence-corrected chi connectivity index (χ0v) is 12.7. The summed E-state index contributed by atoms with van der Waals surface area (Å²) >= 11 is 0. The molecule has 9 heteroatoms. The molecule has 0 aliphatic carbocycles. The Morgan fingerprint density at radius 3 is 2.46 bits per heavy atom. The predicted molar refractivity (Wildman–Crippen MR) is 74.7 cm³/mol. The smallest absolute Gasteiger partial charge is 0.351 e. The molecule has 2 heterocycles. The van der Waals surface area contributed by atoms with Crippen molar-refractivity contribution in [3.8, 4) is 6.07 Å². The highest BCUT2D eigenvalue weighted by Gasteiger charge is 2.57. The first-order chi connectivity index (χ1) is 11.1. The van der Waals surface area contributed by atoms with Gasteiger partial charge in [0.05, 0.1) is 29.5 Å². The number of carbonyl (C=O) groups is 2. The number of imide groups is 1. The first-order valence-corrected chi connectivity index (χ1v) is 7.00. The lowest BCUT2D eigenvalue weighted by atomic mass is 10.0. The Morgan fingerprint density at radius 2 is 1.96 bits per heavy atom. The lowest BCUT2D eigenvalue weighted by molar-refractivity contribution is -0.137. The normalized spacial score (nSPS) is 22.8. The summed E-state index contributed by atoms with van der Waals surface area (Å²) in [7, 11) is 0. The van der Waals surface area contributed by atoms with E-state index < -0.39 is 41.0 Å². The zero-order chi connectivity index (χ0) is 17.9. The van der Waals surface area contributed by atoms with E-state index in [2.05, 4.69) is 0 Å². The second-order valence-corrected chi connectivity index (χ2v) is 5.98. The highest BCUT2D eigenvalue weighted by Crippen LogP contribution is 2.39.